The van der Waals surface area contributed by atoms with Crippen molar-refractivity contribution in [2.75, 3.05) is 20.1 Å². The Kier molecular flexibility index (Phi) is 7.45. The van der Waals surface area contributed by atoms with Gasteiger partial charge in [0.05, 0.1) is 6.54 Å². The van der Waals surface area contributed by atoms with Gasteiger partial charge in [-0.3, -0.25) is 9.69 Å². The summed E-state index contributed by atoms with van der Waals surface area (Å²) in [6, 6.07) is 15.8. The Morgan fingerprint density at radius 3 is 2.36 bits per heavy atom. The minimum atomic E-state index is -0.861. The van der Waals surface area contributed by atoms with E-state index < -0.39 is 5.97 Å². The van der Waals surface area contributed by atoms with E-state index in [2.05, 4.69) is 44.7 Å². The van der Waals surface area contributed by atoms with E-state index >= 15 is 0 Å². The number of likely N-dealkylation sites (N-methyl/N-ethyl adjacent to an activating group) is 1. The quantitative estimate of drug-likeness (QED) is 0.717. The van der Waals surface area contributed by atoms with Gasteiger partial charge in [0.1, 0.15) is 0 Å². The van der Waals surface area contributed by atoms with Crippen LogP contribution in [0.1, 0.15) is 37.5 Å². The van der Waals surface area contributed by atoms with Gasteiger partial charge in [0.15, 0.2) is 0 Å². The lowest BCUT2D eigenvalue weighted by Crippen LogP contribution is -2.25. The maximum Gasteiger partial charge on any atom is 0.317 e. The topological polar surface area (TPSA) is 40.5 Å². The van der Waals surface area contributed by atoms with Gasteiger partial charge >= 0.3 is 5.97 Å². The highest BCUT2D eigenvalue weighted by molar-refractivity contribution is 6.32. The summed E-state index contributed by atoms with van der Waals surface area (Å²) in [5.41, 5.74) is 3.90. The molecule has 3 nitrogen and oxygen atoms in total. The summed E-state index contributed by atoms with van der Waals surface area (Å²) in [4.78, 5) is 12.6. The number of carbonyl (C=O) groups is 1. The fraction of sp³-hybridized carbons (Fsp3) is 0.292. The van der Waals surface area contributed by atoms with Crippen LogP contribution < -0.4 is 0 Å². The Bertz CT molecular complexity index is 912. The number of carboxylic acid groups (broad SMARTS) is 1. The zero-order valence-corrected chi connectivity index (χ0v) is 17.5. The molecule has 0 aliphatic carbocycles. The number of benzene rings is 2. The first-order valence-corrected chi connectivity index (χ1v) is 9.52. The smallest absolute Gasteiger partial charge is 0.317 e. The van der Waals surface area contributed by atoms with Crippen molar-refractivity contribution in [2.24, 2.45) is 0 Å². The van der Waals surface area contributed by atoms with Crippen LogP contribution in [0.25, 0.3) is 5.57 Å². The molecule has 0 unspecified atom stereocenters. The monoisotopic (exact) mass is 395 g/mol. The summed E-state index contributed by atoms with van der Waals surface area (Å²) >= 11 is 6.36. The van der Waals surface area contributed by atoms with Gasteiger partial charge in [0, 0.05) is 28.3 Å². The van der Waals surface area contributed by atoms with Crippen molar-refractivity contribution in [1.29, 1.82) is 0 Å². The summed E-state index contributed by atoms with van der Waals surface area (Å²) < 4.78 is 0. The van der Waals surface area contributed by atoms with Crippen molar-refractivity contribution in [2.45, 2.75) is 26.2 Å². The highest BCUT2D eigenvalue weighted by atomic mass is 35.5. The minimum absolute atomic E-state index is 0.0337. The third kappa shape index (κ3) is 6.56. The third-order valence-corrected chi connectivity index (χ3v) is 4.60. The van der Waals surface area contributed by atoms with Gasteiger partial charge in [-0.1, -0.05) is 80.6 Å². The number of hydrogen-bond acceptors (Lipinski definition) is 2. The second-order valence-corrected chi connectivity index (χ2v) is 8.17. The minimum Gasteiger partial charge on any atom is -0.480 e. The Hall–Kier alpha value is -2.54. The summed E-state index contributed by atoms with van der Waals surface area (Å²) in [6.45, 7) is 6.97. The van der Waals surface area contributed by atoms with Crippen LogP contribution in [0.4, 0.5) is 0 Å². The molecule has 0 bridgehead atoms. The van der Waals surface area contributed by atoms with Gasteiger partial charge in [0.25, 0.3) is 0 Å². The molecule has 0 saturated heterocycles. The number of carboxylic acids is 1. The average molecular weight is 396 g/mol. The lowest BCUT2D eigenvalue weighted by Gasteiger charge is -2.18. The van der Waals surface area contributed by atoms with E-state index in [1.54, 1.807) is 11.9 Å². The number of allylic oxidation sites excluding steroid dienone is 1. The van der Waals surface area contributed by atoms with Crippen molar-refractivity contribution >= 4 is 23.1 Å². The van der Waals surface area contributed by atoms with Gasteiger partial charge in [-0.25, -0.2) is 0 Å². The van der Waals surface area contributed by atoms with Crippen LogP contribution in [0.3, 0.4) is 0 Å². The maximum atomic E-state index is 10.9. The lowest BCUT2D eigenvalue weighted by atomic mass is 9.87. The predicted octanol–water partition coefficient (Wildman–Crippen LogP) is 5.09. The summed E-state index contributed by atoms with van der Waals surface area (Å²) in [7, 11) is 1.76. The molecule has 0 amide bonds. The number of hydrogen-bond donors (Lipinski definition) is 1. The normalized spacial score (nSPS) is 11.9. The van der Waals surface area contributed by atoms with Crippen LogP contribution in [0.5, 0.6) is 0 Å². The predicted molar refractivity (Wildman–Crippen MR) is 117 cm³/mol. The zero-order chi connectivity index (χ0) is 20.7. The molecule has 0 atom stereocenters. The van der Waals surface area contributed by atoms with E-state index in [0.717, 1.165) is 16.7 Å². The number of nitrogens with zero attached hydrogens (tertiary/aromatic N) is 1. The van der Waals surface area contributed by atoms with E-state index in [4.69, 9.17) is 16.7 Å². The molecule has 2 aromatic carbocycles. The SMILES string of the molecule is CN(C/C=C(\C#Cc1ccc(C(C)(C)C)cc1)c1ccccc1Cl)CC(=O)O. The molecule has 2 rings (SSSR count). The average Bonchev–Trinajstić information content (AvgIpc) is 2.62. The van der Waals surface area contributed by atoms with Gasteiger partial charge in [0.2, 0.25) is 0 Å². The van der Waals surface area contributed by atoms with Crippen molar-refractivity contribution < 1.29 is 9.90 Å². The van der Waals surface area contributed by atoms with E-state index in [-0.39, 0.29) is 12.0 Å². The van der Waals surface area contributed by atoms with Crippen LogP contribution >= 0.6 is 11.6 Å². The molecule has 0 radical (unpaired) electrons. The zero-order valence-electron chi connectivity index (χ0n) is 16.8. The first-order valence-electron chi connectivity index (χ1n) is 9.15. The van der Waals surface area contributed by atoms with Gasteiger partial charge in [-0.05, 0) is 36.2 Å². The van der Waals surface area contributed by atoms with Gasteiger partial charge in [-0.15, -0.1) is 0 Å². The molecular weight excluding hydrogens is 370 g/mol. The van der Waals surface area contributed by atoms with E-state index in [0.29, 0.717) is 11.6 Å². The van der Waals surface area contributed by atoms with Crippen molar-refractivity contribution in [3.8, 4) is 11.8 Å². The van der Waals surface area contributed by atoms with Gasteiger partial charge in [-0.2, -0.15) is 0 Å². The number of aliphatic carboxylic acids is 1. The first kappa shape index (κ1) is 21.8. The van der Waals surface area contributed by atoms with E-state index in [1.165, 1.54) is 5.56 Å². The molecule has 0 saturated carbocycles. The van der Waals surface area contributed by atoms with Crippen molar-refractivity contribution in [3.05, 3.63) is 76.3 Å². The maximum absolute atomic E-state index is 10.9. The number of rotatable bonds is 5. The molecule has 0 spiro atoms. The largest absolute Gasteiger partial charge is 0.480 e. The van der Waals surface area contributed by atoms with Crippen LogP contribution in [-0.2, 0) is 10.2 Å². The molecule has 1 N–H and O–H groups in total. The van der Waals surface area contributed by atoms with Crippen molar-refractivity contribution in [1.82, 2.24) is 4.90 Å². The Morgan fingerprint density at radius 1 is 1.14 bits per heavy atom. The third-order valence-electron chi connectivity index (χ3n) is 4.27. The Morgan fingerprint density at radius 2 is 1.79 bits per heavy atom. The molecule has 4 heteroatoms. The number of halogens is 1. The second kappa shape index (κ2) is 9.59. The molecule has 2 aromatic rings. The lowest BCUT2D eigenvalue weighted by molar-refractivity contribution is -0.137. The fourth-order valence-electron chi connectivity index (χ4n) is 2.64. The first-order chi connectivity index (χ1) is 13.2. The van der Waals surface area contributed by atoms with Crippen molar-refractivity contribution in [3.63, 3.8) is 0 Å². The summed E-state index contributed by atoms with van der Waals surface area (Å²) in [5.74, 6) is 5.55. The van der Waals surface area contributed by atoms with Gasteiger partial charge < -0.3 is 5.11 Å². The van der Waals surface area contributed by atoms with E-state index in [9.17, 15) is 4.79 Å². The van der Waals surface area contributed by atoms with Crippen LogP contribution in [0, 0.1) is 11.8 Å². The molecule has 0 aliphatic heterocycles. The summed E-state index contributed by atoms with van der Waals surface area (Å²) in [6.07, 6.45) is 1.92. The fourth-order valence-corrected chi connectivity index (χ4v) is 2.88. The molecule has 0 heterocycles. The Labute approximate surface area is 172 Å². The second-order valence-electron chi connectivity index (χ2n) is 7.77. The van der Waals surface area contributed by atoms with Crippen LogP contribution in [0.15, 0.2) is 54.6 Å². The van der Waals surface area contributed by atoms with Crippen LogP contribution in [0.2, 0.25) is 5.02 Å². The van der Waals surface area contributed by atoms with Crippen LogP contribution in [-0.4, -0.2) is 36.1 Å². The molecular formula is C24H26ClNO2. The molecule has 146 valence electrons. The Balaban J connectivity index is 2.32. The standard InChI is InChI=1S/C24H26ClNO2/c1-24(2,3)20-13-10-18(11-14-20)9-12-19(15-16-26(4)17-23(27)28)21-7-5-6-8-22(21)25/h5-8,10-11,13-15H,16-17H2,1-4H3,(H,27,28)/b19-15+. The summed E-state index contributed by atoms with van der Waals surface area (Å²) in [5, 5.41) is 9.55. The highest BCUT2D eigenvalue weighted by Crippen LogP contribution is 2.24. The van der Waals surface area contributed by atoms with E-state index in [1.807, 2.05) is 42.5 Å². The molecule has 0 aromatic heterocycles. The molecule has 28 heavy (non-hydrogen) atoms. The highest BCUT2D eigenvalue weighted by Gasteiger charge is 2.12. The molecule has 0 fully saturated rings. The molecule has 0 aliphatic rings.